The summed E-state index contributed by atoms with van der Waals surface area (Å²) in [5.41, 5.74) is 0. The Morgan fingerprint density at radius 1 is 1.69 bits per heavy atom. The van der Waals surface area contributed by atoms with Crippen LogP contribution in [0, 0.1) is 0 Å². The van der Waals surface area contributed by atoms with Crippen LogP contribution in [0.5, 0.6) is 0 Å². The third-order valence-electron chi connectivity index (χ3n) is 2.30. The number of carbonyl (C=O) groups is 1. The highest BCUT2D eigenvalue weighted by molar-refractivity contribution is 7.60. The number of carboxylic acid groups (broad SMARTS) is 1. The van der Waals surface area contributed by atoms with E-state index in [2.05, 4.69) is 5.32 Å². The van der Waals surface area contributed by atoms with E-state index in [1.54, 1.807) is 6.08 Å². The van der Waals surface area contributed by atoms with E-state index in [1.807, 2.05) is 4.90 Å². The molecule has 1 aliphatic heterocycles. The Labute approximate surface area is 94.4 Å². The van der Waals surface area contributed by atoms with E-state index in [4.69, 9.17) is 10.00 Å². The first-order chi connectivity index (χ1) is 7.38. The van der Waals surface area contributed by atoms with Crippen LogP contribution >= 0.6 is 7.37 Å². The lowest BCUT2D eigenvalue weighted by molar-refractivity contribution is -0.140. The molecule has 1 saturated heterocycles. The predicted octanol–water partition coefficient (Wildman–Crippen LogP) is -0.241. The van der Waals surface area contributed by atoms with Crippen molar-refractivity contribution in [3.05, 3.63) is 11.9 Å². The molecule has 0 aromatic carbocycles. The third-order valence-corrected chi connectivity index (χ3v) is 3.07. The van der Waals surface area contributed by atoms with Gasteiger partial charge in [-0.1, -0.05) is 6.08 Å². The molecule has 0 amide bonds. The lowest BCUT2D eigenvalue weighted by atomic mass is 10.2. The van der Waals surface area contributed by atoms with Gasteiger partial charge in [0, 0.05) is 32.8 Å². The summed E-state index contributed by atoms with van der Waals surface area (Å²) < 4.78 is 11.0. The van der Waals surface area contributed by atoms with Crippen LogP contribution in [-0.2, 0) is 9.36 Å². The molecule has 0 aromatic heterocycles. The summed E-state index contributed by atoms with van der Waals surface area (Å²) in [6, 6.07) is -0.551. The fraction of sp³-hybridized carbons (Fsp3) is 0.667. The van der Waals surface area contributed by atoms with Crippen LogP contribution in [0.15, 0.2) is 11.9 Å². The SMILES string of the molecule is CP(=O)(O)C=CCN1CCNC(C(=O)O)C1. The molecule has 1 fully saturated rings. The lowest BCUT2D eigenvalue weighted by Crippen LogP contribution is -2.54. The molecule has 2 unspecified atom stereocenters. The summed E-state index contributed by atoms with van der Waals surface area (Å²) in [5, 5.41) is 11.7. The normalized spacial score (nSPS) is 26.8. The van der Waals surface area contributed by atoms with Gasteiger partial charge in [-0.25, -0.2) is 0 Å². The average molecular weight is 248 g/mol. The molecule has 6 nitrogen and oxygen atoms in total. The van der Waals surface area contributed by atoms with Gasteiger partial charge in [-0.05, 0) is 5.82 Å². The molecule has 0 radical (unpaired) electrons. The van der Waals surface area contributed by atoms with E-state index in [0.717, 1.165) is 6.54 Å². The van der Waals surface area contributed by atoms with E-state index >= 15 is 0 Å². The molecule has 1 aliphatic rings. The van der Waals surface area contributed by atoms with Crippen LogP contribution in [0.4, 0.5) is 0 Å². The highest BCUT2D eigenvalue weighted by Gasteiger charge is 2.23. The number of rotatable bonds is 4. The van der Waals surface area contributed by atoms with Crippen LogP contribution in [0.1, 0.15) is 0 Å². The number of aliphatic carboxylic acids is 1. The quantitative estimate of drug-likeness (QED) is 0.595. The van der Waals surface area contributed by atoms with Gasteiger partial charge in [-0.2, -0.15) is 0 Å². The zero-order chi connectivity index (χ0) is 12.2. The maximum atomic E-state index is 11.0. The number of nitrogens with zero attached hydrogens (tertiary/aromatic N) is 1. The average Bonchev–Trinajstić information content (AvgIpc) is 2.16. The Balaban J connectivity index is 2.41. The highest BCUT2D eigenvalue weighted by atomic mass is 31.2. The Morgan fingerprint density at radius 3 is 2.94 bits per heavy atom. The summed E-state index contributed by atoms with van der Waals surface area (Å²) in [7, 11) is -3.11. The zero-order valence-electron chi connectivity index (χ0n) is 9.17. The molecule has 16 heavy (non-hydrogen) atoms. The molecule has 92 valence electrons. The molecule has 0 spiro atoms. The summed E-state index contributed by atoms with van der Waals surface area (Å²) in [6.07, 6.45) is 1.62. The van der Waals surface area contributed by atoms with Crippen LogP contribution in [-0.4, -0.2) is 59.8 Å². The lowest BCUT2D eigenvalue weighted by Gasteiger charge is -2.30. The second-order valence-corrected chi connectivity index (χ2v) is 6.12. The molecule has 0 aliphatic carbocycles. The number of hydrogen-bond donors (Lipinski definition) is 3. The van der Waals surface area contributed by atoms with Gasteiger partial charge in [0.15, 0.2) is 0 Å². The summed E-state index contributed by atoms with van der Waals surface area (Å²) >= 11 is 0. The van der Waals surface area contributed by atoms with E-state index in [0.29, 0.717) is 19.6 Å². The molecule has 2 atom stereocenters. The highest BCUT2D eigenvalue weighted by Crippen LogP contribution is 2.36. The Hall–Kier alpha value is -0.680. The van der Waals surface area contributed by atoms with Crippen molar-refractivity contribution < 1.29 is 19.4 Å². The fourth-order valence-electron chi connectivity index (χ4n) is 1.53. The van der Waals surface area contributed by atoms with Gasteiger partial charge in [0.1, 0.15) is 6.04 Å². The van der Waals surface area contributed by atoms with Gasteiger partial charge >= 0.3 is 5.97 Å². The van der Waals surface area contributed by atoms with E-state index in [-0.39, 0.29) is 0 Å². The Kier molecular flexibility index (Phi) is 4.68. The number of piperazine rings is 1. The summed E-state index contributed by atoms with van der Waals surface area (Å²) in [5.74, 6) is 0.419. The smallest absolute Gasteiger partial charge is 0.322 e. The van der Waals surface area contributed by atoms with E-state index in [9.17, 15) is 9.36 Å². The van der Waals surface area contributed by atoms with Gasteiger partial charge in [0.2, 0.25) is 7.37 Å². The Bertz CT molecular complexity index is 325. The van der Waals surface area contributed by atoms with Crippen LogP contribution in [0.2, 0.25) is 0 Å². The van der Waals surface area contributed by atoms with Gasteiger partial charge in [-0.15, -0.1) is 0 Å². The first kappa shape index (κ1) is 13.4. The zero-order valence-corrected chi connectivity index (χ0v) is 10.1. The molecule has 7 heteroatoms. The Morgan fingerprint density at radius 2 is 2.38 bits per heavy atom. The van der Waals surface area contributed by atoms with Crippen LogP contribution in [0.3, 0.4) is 0 Å². The minimum absolute atomic E-state index is 0.416. The van der Waals surface area contributed by atoms with Gasteiger partial charge in [-0.3, -0.25) is 14.3 Å². The second kappa shape index (κ2) is 5.59. The molecule has 0 aromatic rings. The molecule has 0 saturated carbocycles. The number of carboxylic acids is 1. The van der Waals surface area contributed by atoms with Crippen LogP contribution in [0.25, 0.3) is 0 Å². The fourth-order valence-corrected chi connectivity index (χ4v) is 2.02. The topological polar surface area (TPSA) is 89.9 Å². The van der Waals surface area contributed by atoms with Crippen molar-refractivity contribution in [1.29, 1.82) is 0 Å². The van der Waals surface area contributed by atoms with Crippen molar-refractivity contribution in [3.63, 3.8) is 0 Å². The minimum atomic E-state index is -3.11. The van der Waals surface area contributed by atoms with E-state index < -0.39 is 19.4 Å². The minimum Gasteiger partial charge on any atom is -0.480 e. The van der Waals surface area contributed by atoms with Crippen molar-refractivity contribution >= 4 is 13.3 Å². The second-order valence-electron chi connectivity index (χ2n) is 3.93. The molecule has 0 bridgehead atoms. The van der Waals surface area contributed by atoms with Gasteiger partial charge < -0.3 is 15.3 Å². The first-order valence-corrected chi connectivity index (χ1v) is 7.22. The van der Waals surface area contributed by atoms with Crippen molar-refractivity contribution in [2.45, 2.75) is 6.04 Å². The monoisotopic (exact) mass is 248 g/mol. The first-order valence-electron chi connectivity index (χ1n) is 5.05. The van der Waals surface area contributed by atoms with Crippen molar-refractivity contribution in [2.75, 3.05) is 32.8 Å². The molecule has 3 N–H and O–H groups in total. The molecule has 1 rings (SSSR count). The number of nitrogens with one attached hydrogen (secondary N) is 1. The standard InChI is InChI=1S/C9H17N2O4P/c1-16(14,15)6-2-4-11-5-3-10-8(7-11)9(12)13/h2,6,8,10H,3-5,7H2,1H3,(H,12,13)(H,14,15). The van der Waals surface area contributed by atoms with Crippen molar-refractivity contribution in [2.24, 2.45) is 0 Å². The maximum Gasteiger partial charge on any atom is 0.322 e. The largest absolute Gasteiger partial charge is 0.480 e. The number of hydrogen-bond acceptors (Lipinski definition) is 4. The van der Waals surface area contributed by atoms with Gasteiger partial charge in [0.05, 0.1) is 0 Å². The summed E-state index contributed by atoms with van der Waals surface area (Å²) in [4.78, 5) is 21.7. The maximum absolute atomic E-state index is 11.0. The summed E-state index contributed by atoms with van der Waals surface area (Å²) in [6.45, 7) is 3.55. The van der Waals surface area contributed by atoms with Crippen molar-refractivity contribution in [1.82, 2.24) is 10.2 Å². The third kappa shape index (κ3) is 4.90. The van der Waals surface area contributed by atoms with E-state index in [1.165, 1.54) is 12.5 Å². The molecule has 1 heterocycles. The molecular formula is C9H17N2O4P. The van der Waals surface area contributed by atoms with Crippen LogP contribution < -0.4 is 5.32 Å². The van der Waals surface area contributed by atoms with Crippen molar-refractivity contribution in [3.8, 4) is 0 Å². The van der Waals surface area contributed by atoms with Gasteiger partial charge in [0.25, 0.3) is 0 Å². The predicted molar refractivity (Wildman–Crippen MR) is 60.8 cm³/mol. The molecular weight excluding hydrogens is 231 g/mol.